The number of aliphatic hydroxyl groups is 3. The van der Waals surface area contributed by atoms with Crippen LogP contribution in [0.4, 0.5) is 0 Å². The van der Waals surface area contributed by atoms with Crippen LogP contribution < -0.4 is 0 Å². The van der Waals surface area contributed by atoms with E-state index < -0.39 is 28.8 Å². The molecule has 8 nitrogen and oxygen atoms in total. The second kappa shape index (κ2) is 7.13. The van der Waals surface area contributed by atoms with Crippen molar-refractivity contribution in [2.75, 3.05) is 48.1 Å². The van der Waals surface area contributed by atoms with Crippen LogP contribution in [0, 0.1) is 34.5 Å². The molecule has 0 amide bonds. The van der Waals surface area contributed by atoms with Crippen molar-refractivity contribution in [3.63, 3.8) is 0 Å². The normalized spacial score (nSPS) is 60.9. The number of fused-ring (bicyclic) bond motifs is 2. The summed E-state index contributed by atoms with van der Waals surface area (Å²) in [5.74, 6) is -0.231. The Morgan fingerprint density at radius 1 is 1.06 bits per heavy atom. The van der Waals surface area contributed by atoms with Gasteiger partial charge in [-0.05, 0) is 31.7 Å². The van der Waals surface area contributed by atoms with Crippen LogP contribution in [0.1, 0.15) is 32.6 Å². The minimum atomic E-state index is -1.55. The zero-order chi connectivity index (χ0) is 23.6. The molecule has 0 aromatic carbocycles. The molecule has 1 saturated heterocycles. The van der Waals surface area contributed by atoms with Gasteiger partial charge in [0.05, 0.1) is 37.1 Å². The van der Waals surface area contributed by atoms with E-state index >= 15 is 0 Å². The Morgan fingerprint density at radius 3 is 2.42 bits per heavy atom. The predicted molar refractivity (Wildman–Crippen MR) is 119 cm³/mol. The van der Waals surface area contributed by atoms with Gasteiger partial charge >= 0.3 is 0 Å². The number of piperidine rings is 1. The number of hydrogen-bond donors (Lipinski definition) is 3. The summed E-state index contributed by atoms with van der Waals surface area (Å²) in [6, 6.07) is -0.386. The fourth-order valence-electron chi connectivity index (χ4n) is 11.0. The van der Waals surface area contributed by atoms with Crippen LogP contribution >= 0.6 is 0 Å². The number of hydrogen-bond acceptors (Lipinski definition) is 8. The summed E-state index contributed by atoms with van der Waals surface area (Å²) >= 11 is 0. The lowest BCUT2D eigenvalue weighted by Gasteiger charge is -2.69. The molecule has 6 fully saturated rings. The van der Waals surface area contributed by atoms with Gasteiger partial charge in [0.2, 0.25) is 0 Å². The van der Waals surface area contributed by atoms with Crippen molar-refractivity contribution in [2.45, 2.75) is 74.3 Å². The maximum atomic E-state index is 12.9. The molecule has 1 aliphatic heterocycles. The van der Waals surface area contributed by atoms with Gasteiger partial charge in [-0.1, -0.05) is 6.92 Å². The highest BCUT2D eigenvalue weighted by Crippen LogP contribution is 2.80. The van der Waals surface area contributed by atoms with E-state index in [9.17, 15) is 15.3 Å². The van der Waals surface area contributed by atoms with Crippen LogP contribution in [0.5, 0.6) is 0 Å². The largest absolute Gasteiger partial charge is 0.392 e. The molecule has 6 aliphatic rings. The molecule has 188 valence electrons. The highest BCUT2D eigenvalue weighted by molar-refractivity contribution is 5.41. The van der Waals surface area contributed by atoms with Crippen LogP contribution in [-0.2, 0) is 18.9 Å². The Hall–Kier alpha value is -0.320. The molecule has 3 N–H and O–H groups in total. The van der Waals surface area contributed by atoms with Crippen molar-refractivity contribution in [3.05, 3.63) is 0 Å². The van der Waals surface area contributed by atoms with E-state index in [1.165, 1.54) is 0 Å². The molecule has 0 radical (unpaired) electrons. The molecule has 5 aliphatic carbocycles. The standard InChI is InChI=1S/C25H41NO7/c1-6-26-11-22(12-30-2)8-7-16(27)24-14-9-13-15(31-3)10-23(28,17(14)18(13)32-4)25(29,21(24)26)20(33-5)19(22)24/h13-21,27-29H,6-12H2,1-5H3/t13-,14-,15-,16-,17+,18-,19-,20-,21?,22+,23-,24+,25-/m1/s1. The number of likely N-dealkylation sites (N-methyl/N-ethyl adjacent to an activating group) is 1. The SMILES string of the molecule is CCN1C[C@]2(COC)CC[C@@H](O)[C@]34C1[C@](O)([C@H](OC)[C@H]23)[C@@]1(O)C[C@@H](OC)[C@H]2C[C@@H]4[C@H]1[C@@H]2OC. The minimum absolute atomic E-state index is 0.00825. The lowest BCUT2D eigenvalue weighted by Crippen LogP contribution is -2.82. The predicted octanol–water partition coefficient (Wildman–Crippen LogP) is 0.271. The van der Waals surface area contributed by atoms with E-state index in [2.05, 4.69) is 11.8 Å². The third kappa shape index (κ3) is 2.20. The lowest BCUT2D eigenvalue weighted by molar-refractivity contribution is -0.318. The second-order valence-electron chi connectivity index (χ2n) is 11.9. The summed E-state index contributed by atoms with van der Waals surface area (Å²) in [6.07, 6.45) is 1.06. The van der Waals surface area contributed by atoms with Gasteiger partial charge in [0.15, 0.2) is 0 Å². The first-order chi connectivity index (χ1) is 15.8. The Kier molecular flexibility index (Phi) is 4.99. The molecule has 5 saturated carbocycles. The summed E-state index contributed by atoms with van der Waals surface area (Å²) in [6.45, 7) is 4.18. The number of likely N-dealkylation sites (tertiary alicyclic amines) is 1. The van der Waals surface area contributed by atoms with Gasteiger partial charge in [-0.25, -0.2) is 0 Å². The molecule has 0 aromatic rings. The summed E-state index contributed by atoms with van der Waals surface area (Å²) in [5.41, 5.74) is -3.82. The Balaban J connectivity index is 1.67. The monoisotopic (exact) mass is 467 g/mol. The quantitative estimate of drug-likeness (QED) is 0.512. The van der Waals surface area contributed by atoms with Crippen LogP contribution in [0.25, 0.3) is 0 Å². The molecular formula is C25H41NO7. The van der Waals surface area contributed by atoms with Gasteiger partial charge in [-0.2, -0.15) is 0 Å². The summed E-state index contributed by atoms with van der Waals surface area (Å²) in [7, 11) is 6.79. The number of rotatable bonds is 6. The van der Waals surface area contributed by atoms with Crippen molar-refractivity contribution >= 4 is 0 Å². The molecule has 33 heavy (non-hydrogen) atoms. The molecule has 13 atom stereocenters. The van der Waals surface area contributed by atoms with Crippen LogP contribution in [0.3, 0.4) is 0 Å². The van der Waals surface area contributed by atoms with Crippen molar-refractivity contribution in [2.24, 2.45) is 34.5 Å². The average molecular weight is 468 g/mol. The van der Waals surface area contributed by atoms with E-state index in [0.29, 0.717) is 19.4 Å². The first-order valence-corrected chi connectivity index (χ1v) is 12.7. The topological polar surface area (TPSA) is 101 Å². The first kappa shape index (κ1) is 23.1. The van der Waals surface area contributed by atoms with Crippen molar-refractivity contribution in [3.8, 4) is 0 Å². The molecule has 1 unspecified atom stereocenters. The third-order valence-corrected chi connectivity index (χ3v) is 11.5. The minimum Gasteiger partial charge on any atom is -0.392 e. The molecule has 1 heterocycles. The number of nitrogens with zero attached hydrogens (tertiary/aromatic N) is 1. The maximum absolute atomic E-state index is 12.9. The van der Waals surface area contributed by atoms with E-state index in [-0.39, 0.29) is 47.3 Å². The average Bonchev–Trinajstić information content (AvgIpc) is 3.22. The van der Waals surface area contributed by atoms with Gasteiger partial charge in [-0.15, -0.1) is 0 Å². The summed E-state index contributed by atoms with van der Waals surface area (Å²) in [5, 5.41) is 37.6. The van der Waals surface area contributed by atoms with E-state index in [1.54, 1.807) is 28.4 Å². The number of methoxy groups -OCH3 is 4. The fraction of sp³-hybridized carbons (Fsp3) is 1.00. The third-order valence-electron chi connectivity index (χ3n) is 11.5. The molecule has 1 spiro atoms. The van der Waals surface area contributed by atoms with Gasteiger partial charge in [0.1, 0.15) is 11.2 Å². The van der Waals surface area contributed by atoms with E-state index in [1.807, 2.05) is 0 Å². The van der Waals surface area contributed by atoms with E-state index in [4.69, 9.17) is 18.9 Å². The Morgan fingerprint density at radius 2 is 1.82 bits per heavy atom. The summed E-state index contributed by atoms with van der Waals surface area (Å²) < 4.78 is 24.0. The number of ether oxygens (including phenoxy) is 4. The fourth-order valence-corrected chi connectivity index (χ4v) is 11.0. The van der Waals surface area contributed by atoms with Gasteiger partial charge in [0, 0.05) is 70.0 Å². The van der Waals surface area contributed by atoms with E-state index in [0.717, 1.165) is 25.9 Å². The molecule has 8 heteroatoms. The second-order valence-corrected chi connectivity index (χ2v) is 11.9. The Labute approximate surface area is 196 Å². The highest BCUT2D eigenvalue weighted by Gasteiger charge is 2.91. The van der Waals surface area contributed by atoms with Gasteiger partial charge in [-0.3, -0.25) is 4.90 Å². The van der Waals surface area contributed by atoms with Crippen LogP contribution in [0.15, 0.2) is 0 Å². The Bertz CT molecular complexity index is 814. The first-order valence-electron chi connectivity index (χ1n) is 12.7. The molecule has 7 bridgehead atoms. The summed E-state index contributed by atoms with van der Waals surface area (Å²) in [4.78, 5) is 2.33. The zero-order valence-electron chi connectivity index (χ0n) is 20.6. The van der Waals surface area contributed by atoms with Gasteiger partial charge < -0.3 is 34.3 Å². The smallest absolute Gasteiger partial charge is 0.136 e. The molecule has 0 aromatic heterocycles. The van der Waals surface area contributed by atoms with Crippen LogP contribution in [-0.4, -0.2) is 110 Å². The van der Waals surface area contributed by atoms with Gasteiger partial charge in [0.25, 0.3) is 0 Å². The number of aliphatic hydroxyl groups excluding tert-OH is 1. The maximum Gasteiger partial charge on any atom is 0.136 e. The zero-order valence-corrected chi connectivity index (χ0v) is 20.6. The van der Waals surface area contributed by atoms with Crippen LogP contribution in [0.2, 0.25) is 0 Å². The molecule has 6 rings (SSSR count). The van der Waals surface area contributed by atoms with Crippen molar-refractivity contribution in [1.82, 2.24) is 4.90 Å². The highest BCUT2D eigenvalue weighted by atomic mass is 16.5. The van der Waals surface area contributed by atoms with Crippen molar-refractivity contribution in [1.29, 1.82) is 0 Å². The lowest BCUT2D eigenvalue weighted by atomic mass is 9.42. The van der Waals surface area contributed by atoms with Crippen molar-refractivity contribution < 1.29 is 34.3 Å². The molecular weight excluding hydrogens is 426 g/mol.